The van der Waals surface area contributed by atoms with Crippen LogP contribution in [0.4, 0.5) is 0 Å². The van der Waals surface area contributed by atoms with Gasteiger partial charge in [-0.15, -0.1) is 0 Å². The molecule has 2 aromatic carbocycles. The molecule has 0 saturated heterocycles. The van der Waals surface area contributed by atoms with Crippen molar-refractivity contribution in [2.45, 2.75) is 6.10 Å². The number of benzene rings is 2. The van der Waals surface area contributed by atoms with E-state index in [0.29, 0.717) is 26.4 Å². The van der Waals surface area contributed by atoms with E-state index in [-0.39, 0.29) is 12.4 Å². The summed E-state index contributed by atoms with van der Waals surface area (Å²) in [5.74, 6) is 1.12. The Morgan fingerprint density at radius 1 is 1.40 bits per heavy atom. The summed E-state index contributed by atoms with van der Waals surface area (Å²) in [6.07, 6.45) is 0.682. The smallest absolute Gasteiger partial charge is 0.284 e. The zero-order valence-electron chi connectivity index (χ0n) is 13.2. The number of carbonyl (C=O) groups excluding carboxylic acids is 1. The molecule has 25 heavy (non-hydrogen) atoms. The first-order valence-corrected chi connectivity index (χ1v) is 8.44. The van der Waals surface area contributed by atoms with E-state index in [9.17, 15) is 9.90 Å². The van der Waals surface area contributed by atoms with Gasteiger partial charge in [0, 0.05) is 0 Å². The van der Waals surface area contributed by atoms with Crippen LogP contribution in [0.1, 0.15) is 5.56 Å². The standard InChI is InChI=1S/C17H15IN2O5/c1-23-14-7-10(6-11(18)16(14)21)8-19-20-17(22)15-9-24-12-4-2-3-5-13(12)25-15/h2-8,15,21H,9H2,1H3,(H,20,22)/b19-8+. The van der Waals surface area contributed by atoms with Gasteiger partial charge in [-0.05, 0) is 52.4 Å². The van der Waals surface area contributed by atoms with Gasteiger partial charge >= 0.3 is 0 Å². The number of hydrogen-bond donors (Lipinski definition) is 2. The second-order valence-corrected chi connectivity index (χ2v) is 6.31. The number of phenolic OH excluding ortho intramolecular Hbond substituents is 1. The zero-order chi connectivity index (χ0) is 17.8. The van der Waals surface area contributed by atoms with Crippen LogP contribution in [-0.4, -0.2) is 37.0 Å². The van der Waals surface area contributed by atoms with E-state index >= 15 is 0 Å². The molecule has 130 valence electrons. The number of nitrogens with one attached hydrogen (secondary N) is 1. The molecule has 0 saturated carbocycles. The molecule has 0 aliphatic carbocycles. The number of aromatic hydroxyl groups is 1. The highest BCUT2D eigenvalue weighted by Crippen LogP contribution is 2.32. The van der Waals surface area contributed by atoms with Crippen molar-refractivity contribution in [2.75, 3.05) is 13.7 Å². The first kappa shape index (κ1) is 17.3. The van der Waals surface area contributed by atoms with Gasteiger partial charge in [0.05, 0.1) is 16.9 Å². The molecule has 0 radical (unpaired) electrons. The Kier molecular flexibility index (Phi) is 5.27. The van der Waals surface area contributed by atoms with Crippen molar-refractivity contribution in [2.24, 2.45) is 5.10 Å². The minimum Gasteiger partial charge on any atom is -0.504 e. The van der Waals surface area contributed by atoms with Crippen molar-refractivity contribution in [3.8, 4) is 23.0 Å². The summed E-state index contributed by atoms with van der Waals surface area (Å²) < 4.78 is 16.8. The first-order chi connectivity index (χ1) is 12.1. The minimum atomic E-state index is -0.776. The Balaban J connectivity index is 1.63. The summed E-state index contributed by atoms with van der Waals surface area (Å²) in [5, 5.41) is 13.7. The molecule has 1 aliphatic rings. The van der Waals surface area contributed by atoms with Gasteiger partial charge in [-0.3, -0.25) is 4.79 Å². The number of amides is 1. The van der Waals surface area contributed by atoms with Crippen molar-refractivity contribution >= 4 is 34.7 Å². The Bertz CT molecular complexity index is 825. The molecule has 1 heterocycles. The molecule has 7 nitrogen and oxygen atoms in total. The van der Waals surface area contributed by atoms with Gasteiger partial charge in [0.1, 0.15) is 6.61 Å². The highest BCUT2D eigenvalue weighted by atomic mass is 127. The predicted molar refractivity (Wildman–Crippen MR) is 99.5 cm³/mol. The van der Waals surface area contributed by atoms with Crippen LogP contribution in [0.5, 0.6) is 23.0 Å². The number of hydrazone groups is 1. The van der Waals surface area contributed by atoms with Gasteiger partial charge < -0.3 is 19.3 Å². The SMILES string of the molecule is COc1cc(/C=N/NC(=O)C2COc3ccccc3O2)cc(I)c1O. The number of methoxy groups -OCH3 is 1. The number of carbonyl (C=O) groups is 1. The summed E-state index contributed by atoms with van der Waals surface area (Å²) in [6, 6.07) is 10.5. The van der Waals surface area contributed by atoms with Crippen molar-refractivity contribution in [1.82, 2.24) is 5.43 Å². The monoisotopic (exact) mass is 454 g/mol. The molecule has 1 amide bonds. The first-order valence-electron chi connectivity index (χ1n) is 7.36. The fraction of sp³-hybridized carbons (Fsp3) is 0.176. The highest BCUT2D eigenvalue weighted by Gasteiger charge is 2.26. The van der Waals surface area contributed by atoms with E-state index in [4.69, 9.17) is 14.2 Å². The van der Waals surface area contributed by atoms with Crippen molar-refractivity contribution in [3.05, 3.63) is 45.5 Å². The number of ether oxygens (including phenoxy) is 3. The molecule has 0 aromatic heterocycles. The van der Waals surface area contributed by atoms with Crippen molar-refractivity contribution in [3.63, 3.8) is 0 Å². The molecule has 8 heteroatoms. The molecule has 1 atom stereocenters. The summed E-state index contributed by atoms with van der Waals surface area (Å²) in [7, 11) is 1.46. The Labute approximate surface area is 157 Å². The Morgan fingerprint density at radius 2 is 2.16 bits per heavy atom. The van der Waals surface area contributed by atoms with Crippen molar-refractivity contribution < 1.29 is 24.1 Å². The number of nitrogens with zero attached hydrogens (tertiary/aromatic N) is 1. The van der Waals surface area contributed by atoms with Gasteiger partial charge in [-0.25, -0.2) is 5.43 Å². The van der Waals surface area contributed by atoms with E-state index in [2.05, 4.69) is 10.5 Å². The molecule has 1 unspecified atom stereocenters. The number of rotatable bonds is 4. The molecular formula is C17H15IN2O5. The molecule has 3 rings (SSSR count). The van der Waals surface area contributed by atoms with Crippen LogP contribution >= 0.6 is 22.6 Å². The largest absolute Gasteiger partial charge is 0.504 e. The third kappa shape index (κ3) is 3.95. The van der Waals surface area contributed by atoms with Gasteiger partial charge in [-0.1, -0.05) is 12.1 Å². The number of halogens is 1. The number of fused-ring (bicyclic) bond motifs is 1. The van der Waals surface area contributed by atoms with Crippen LogP contribution in [-0.2, 0) is 4.79 Å². The highest BCUT2D eigenvalue weighted by molar-refractivity contribution is 14.1. The molecule has 0 bridgehead atoms. The molecule has 0 spiro atoms. The maximum atomic E-state index is 12.1. The maximum absolute atomic E-state index is 12.1. The van der Waals surface area contributed by atoms with Gasteiger partial charge in [-0.2, -0.15) is 5.10 Å². The van der Waals surface area contributed by atoms with E-state index < -0.39 is 12.0 Å². The van der Waals surface area contributed by atoms with E-state index in [0.717, 1.165) is 0 Å². The van der Waals surface area contributed by atoms with Crippen LogP contribution in [0, 0.1) is 3.57 Å². The summed E-state index contributed by atoms with van der Waals surface area (Å²) in [5.41, 5.74) is 3.09. The van der Waals surface area contributed by atoms with E-state index in [1.807, 2.05) is 28.7 Å². The lowest BCUT2D eigenvalue weighted by atomic mass is 10.2. The fourth-order valence-electron chi connectivity index (χ4n) is 2.22. The third-order valence-electron chi connectivity index (χ3n) is 3.46. The lowest BCUT2D eigenvalue weighted by Crippen LogP contribution is -2.42. The second kappa shape index (κ2) is 7.60. The number of para-hydroxylation sites is 2. The second-order valence-electron chi connectivity index (χ2n) is 5.15. The van der Waals surface area contributed by atoms with Gasteiger partial charge in [0.2, 0.25) is 6.10 Å². The third-order valence-corrected chi connectivity index (χ3v) is 4.28. The van der Waals surface area contributed by atoms with E-state index in [1.165, 1.54) is 13.3 Å². The molecular weight excluding hydrogens is 439 g/mol. The van der Waals surface area contributed by atoms with Crippen LogP contribution < -0.4 is 19.6 Å². The number of phenols is 1. The summed E-state index contributed by atoms with van der Waals surface area (Å²) >= 11 is 1.98. The van der Waals surface area contributed by atoms with Gasteiger partial charge in [0.15, 0.2) is 23.0 Å². The van der Waals surface area contributed by atoms with Gasteiger partial charge in [0.25, 0.3) is 5.91 Å². The molecule has 2 N–H and O–H groups in total. The Morgan fingerprint density at radius 3 is 2.92 bits per heavy atom. The molecule has 2 aromatic rings. The lowest BCUT2D eigenvalue weighted by molar-refractivity contribution is -0.130. The van der Waals surface area contributed by atoms with Crippen molar-refractivity contribution in [1.29, 1.82) is 0 Å². The quantitative estimate of drug-likeness (QED) is 0.421. The average molecular weight is 454 g/mol. The van der Waals surface area contributed by atoms with E-state index in [1.54, 1.807) is 30.3 Å². The van der Waals surface area contributed by atoms with Crippen LogP contribution in [0.3, 0.4) is 0 Å². The Hall–Kier alpha value is -2.49. The topological polar surface area (TPSA) is 89.4 Å². The average Bonchev–Trinajstić information content (AvgIpc) is 2.63. The number of hydrogen-bond acceptors (Lipinski definition) is 6. The summed E-state index contributed by atoms with van der Waals surface area (Å²) in [6.45, 7) is 0.114. The van der Waals surface area contributed by atoms with Crippen LogP contribution in [0.2, 0.25) is 0 Å². The lowest BCUT2D eigenvalue weighted by Gasteiger charge is -2.24. The zero-order valence-corrected chi connectivity index (χ0v) is 15.4. The molecule has 1 aliphatic heterocycles. The fourth-order valence-corrected chi connectivity index (χ4v) is 2.84. The predicted octanol–water partition coefficient (Wildman–Crippen LogP) is 2.30. The maximum Gasteiger partial charge on any atom is 0.284 e. The van der Waals surface area contributed by atoms with Crippen LogP contribution in [0.25, 0.3) is 0 Å². The van der Waals surface area contributed by atoms with Crippen LogP contribution in [0.15, 0.2) is 41.5 Å². The normalized spacial score (nSPS) is 15.8. The molecule has 0 fully saturated rings. The minimum absolute atomic E-state index is 0.0655. The summed E-state index contributed by atoms with van der Waals surface area (Å²) in [4.78, 5) is 12.1.